The minimum atomic E-state index is -1.16. The summed E-state index contributed by atoms with van der Waals surface area (Å²) in [5.41, 5.74) is 5.16. The van der Waals surface area contributed by atoms with Crippen LogP contribution in [-0.2, 0) is 23.9 Å². The fourth-order valence-corrected chi connectivity index (χ4v) is 6.86. The zero-order valence-corrected chi connectivity index (χ0v) is 23.0. The minimum absolute atomic E-state index is 0.0943. The number of esters is 1. The van der Waals surface area contributed by atoms with Crippen molar-refractivity contribution in [2.75, 3.05) is 11.9 Å². The number of ether oxygens (including phenoxy) is 1. The van der Waals surface area contributed by atoms with Crippen molar-refractivity contribution in [1.29, 1.82) is 0 Å². The molecule has 0 radical (unpaired) electrons. The first kappa shape index (κ1) is 26.6. The van der Waals surface area contributed by atoms with Crippen molar-refractivity contribution in [3.8, 4) is 0 Å². The van der Waals surface area contributed by atoms with Crippen LogP contribution < -0.4 is 5.32 Å². The van der Waals surface area contributed by atoms with Gasteiger partial charge >= 0.3 is 5.97 Å². The number of ketones is 1. The molecule has 208 valence electrons. The number of amides is 3. The van der Waals surface area contributed by atoms with E-state index in [1.54, 1.807) is 38.1 Å². The molecule has 1 fully saturated rings. The van der Waals surface area contributed by atoms with Gasteiger partial charge in [0.1, 0.15) is 6.04 Å². The molecule has 0 unspecified atom stereocenters. The lowest BCUT2D eigenvalue weighted by molar-refractivity contribution is -0.162. The van der Waals surface area contributed by atoms with Crippen molar-refractivity contribution in [3.05, 3.63) is 101 Å². The predicted octanol–water partition coefficient (Wildman–Crippen LogP) is 4.29. The molecule has 1 N–H and O–H groups in total. The van der Waals surface area contributed by atoms with Crippen LogP contribution in [0.5, 0.6) is 0 Å². The van der Waals surface area contributed by atoms with Crippen molar-refractivity contribution < 1.29 is 28.7 Å². The van der Waals surface area contributed by atoms with Gasteiger partial charge in [-0.1, -0.05) is 62.4 Å². The molecular formula is C33H30N2O6. The van der Waals surface area contributed by atoms with Crippen molar-refractivity contribution in [1.82, 2.24) is 4.90 Å². The van der Waals surface area contributed by atoms with Crippen LogP contribution in [0.1, 0.15) is 65.2 Å². The number of anilines is 1. The monoisotopic (exact) mass is 550 g/mol. The molecular weight excluding hydrogens is 520 g/mol. The van der Waals surface area contributed by atoms with Gasteiger partial charge in [-0.25, -0.2) is 4.79 Å². The highest BCUT2D eigenvalue weighted by molar-refractivity contribution is 6.10. The second-order valence-corrected chi connectivity index (χ2v) is 11.3. The third-order valence-corrected chi connectivity index (χ3v) is 8.55. The van der Waals surface area contributed by atoms with E-state index in [9.17, 15) is 24.0 Å². The van der Waals surface area contributed by atoms with E-state index in [1.807, 2.05) is 48.5 Å². The van der Waals surface area contributed by atoms with Crippen LogP contribution >= 0.6 is 0 Å². The van der Waals surface area contributed by atoms with Gasteiger partial charge in [-0.3, -0.25) is 24.1 Å². The van der Waals surface area contributed by atoms with E-state index in [2.05, 4.69) is 5.32 Å². The van der Waals surface area contributed by atoms with Crippen LogP contribution in [0.25, 0.3) is 0 Å². The number of nitrogens with zero attached hydrogens (tertiary/aromatic N) is 1. The van der Waals surface area contributed by atoms with Crippen LogP contribution in [0.15, 0.2) is 72.8 Å². The van der Waals surface area contributed by atoms with E-state index in [-0.39, 0.29) is 29.4 Å². The molecule has 4 aliphatic rings. The van der Waals surface area contributed by atoms with Gasteiger partial charge in [0.05, 0.1) is 11.8 Å². The van der Waals surface area contributed by atoms with Crippen molar-refractivity contribution >= 4 is 35.2 Å². The van der Waals surface area contributed by atoms with Crippen LogP contribution in [0.4, 0.5) is 5.69 Å². The smallest absolute Gasteiger partial charge is 0.330 e. The molecule has 3 aromatic carbocycles. The summed E-state index contributed by atoms with van der Waals surface area (Å²) in [7, 11) is 0. The molecule has 1 heterocycles. The molecule has 1 saturated heterocycles. The summed E-state index contributed by atoms with van der Waals surface area (Å²) >= 11 is 0. The number of benzene rings is 3. The summed E-state index contributed by atoms with van der Waals surface area (Å²) < 4.78 is 5.37. The van der Waals surface area contributed by atoms with Crippen LogP contribution in [-0.4, -0.2) is 47.0 Å². The number of Topliss-reactive ketones (excluding diaryl/α,β-unsaturated/α-hetero) is 1. The predicted molar refractivity (Wildman–Crippen MR) is 150 cm³/mol. The molecule has 1 aliphatic heterocycles. The lowest BCUT2D eigenvalue weighted by Gasteiger charge is -2.45. The van der Waals surface area contributed by atoms with Gasteiger partial charge in [0.15, 0.2) is 12.4 Å². The molecule has 3 atom stereocenters. The Morgan fingerprint density at radius 2 is 1.24 bits per heavy atom. The normalized spacial score (nSPS) is 22.6. The molecule has 2 bridgehead atoms. The minimum Gasteiger partial charge on any atom is -0.454 e. The number of carbonyl (C=O) groups excluding carboxylic acids is 5. The van der Waals surface area contributed by atoms with E-state index in [0.717, 1.165) is 27.2 Å². The van der Waals surface area contributed by atoms with E-state index >= 15 is 0 Å². The molecule has 41 heavy (non-hydrogen) atoms. The topological polar surface area (TPSA) is 110 Å². The Balaban J connectivity index is 1.23. The average Bonchev–Trinajstić information content (AvgIpc) is 3.22. The summed E-state index contributed by atoms with van der Waals surface area (Å²) in [6.45, 7) is 4.37. The quantitative estimate of drug-likeness (QED) is 0.267. The lowest BCUT2D eigenvalue weighted by Crippen LogP contribution is -2.49. The summed E-state index contributed by atoms with van der Waals surface area (Å²) in [5, 5.41) is 2.62. The number of nitrogens with one attached hydrogen (secondary N) is 1. The van der Waals surface area contributed by atoms with E-state index in [1.165, 1.54) is 6.92 Å². The summed E-state index contributed by atoms with van der Waals surface area (Å²) in [6.07, 6.45) is 0. The maximum Gasteiger partial charge on any atom is 0.330 e. The molecule has 3 aliphatic carbocycles. The third-order valence-electron chi connectivity index (χ3n) is 8.55. The van der Waals surface area contributed by atoms with Gasteiger partial charge < -0.3 is 10.1 Å². The van der Waals surface area contributed by atoms with Gasteiger partial charge in [-0.05, 0) is 59.4 Å². The molecule has 8 heteroatoms. The molecule has 3 aromatic rings. The van der Waals surface area contributed by atoms with Crippen LogP contribution in [0, 0.1) is 17.8 Å². The Kier molecular flexibility index (Phi) is 6.56. The summed E-state index contributed by atoms with van der Waals surface area (Å²) in [5.74, 6) is -4.40. The van der Waals surface area contributed by atoms with Gasteiger partial charge in [0, 0.05) is 23.1 Å². The van der Waals surface area contributed by atoms with Crippen LogP contribution in [0.2, 0.25) is 0 Å². The summed E-state index contributed by atoms with van der Waals surface area (Å²) in [4.78, 5) is 66.6. The van der Waals surface area contributed by atoms with Crippen molar-refractivity contribution in [2.24, 2.45) is 17.8 Å². The summed E-state index contributed by atoms with van der Waals surface area (Å²) in [6, 6.07) is 21.1. The molecule has 7 rings (SSSR count). The van der Waals surface area contributed by atoms with Gasteiger partial charge in [0.2, 0.25) is 11.8 Å². The highest BCUT2D eigenvalue weighted by Crippen LogP contribution is 2.61. The first-order chi connectivity index (χ1) is 19.7. The van der Waals surface area contributed by atoms with E-state index in [0.29, 0.717) is 11.3 Å². The Labute approximate surface area is 237 Å². The first-order valence-electron chi connectivity index (χ1n) is 13.8. The fraction of sp³-hybridized carbons (Fsp3) is 0.303. The standard InChI is InChI=1S/C33H30N2O6/c1-17(2)30(33(40)41-16-25(37)34-20-14-12-19(13-15-20)18(3)36)35-31(38)28-26-21-8-4-5-9-22(21)27(29(28)32(35)39)24-11-7-6-10-23(24)26/h4-15,17,26-30H,16H2,1-3H3,(H,34,37)/t26?,27?,28-,29+,30-/m1/s1. The lowest BCUT2D eigenvalue weighted by atomic mass is 9.55. The number of rotatable bonds is 7. The Bertz CT molecular complexity index is 1480. The Morgan fingerprint density at radius 3 is 1.66 bits per heavy atom. The number of imide groups is 1. The van der Waals surface area contributed by atoms with E-state index < -0.39 is 42.3 Å². The van der Waals surface area contributed by atoms with E-state index in [4.69, 9.17) is 4.74 Å². The highest BCUT2D eigenvalue weighted by Gasteiger charge is 2.63. The second-order valence-electron chi connectivity index (χ2n) is 11.3. The molecule has 8 nitrogen and oxygen atoms in total. The average molecular weight is 551 g/mol. The molecule has 3 amide bonds. The number of hydrogen-bond donors (Lipinski definition) is 1. The number of carbonyl (C=O) groups is 5. The Morgan fingerprint density at radius 1 is 0.780 bits per heavy atom. The van der Waals surface area contributed by atoms with Crippen molar-refractivity contribution in [3.63, 3.8) is 0 Å². The molecule has 0 aromatic heterocycles. The zero-order valence-electron chi connectivity index (χ0n) is 23.0. The fourth-order valence-electron chi connectivity index (χ4n) is 6.86. The van der Waals surface area contributed by atoms with Gasteiger partial charge in [-0.2, -0.15) is 0 Å². The second kappa shape index (κ2) is 10.1. The number of hydrogen-bond acceptors (Lipinski definition) is 6. The van der Waals surface area contributed by atoms with Crippen molar-refractivity contribution in [2.45, 2.75) is 38.6 Å². The first-order valence-corrected chi connectivity index (χ1v) is 13.8. The zero-order chi connectivity index (χ0) is 29.0. The molecule has 0 spiro atoms. The van der Waals surface area contributed by atoms with Gasteiger partial charge in [0.25, 0.3) is 5.91 Å². The highest BCUT2D eigenvalue weighted by atomic mass is 16.5. The Hall–Kier alpha value is -4.59. The maximum absolute atomic E-state index is 14.1. The number of likely N-dealkylation sites (tertiary alicyclic amines) is 1. The molecule has 0 saturated carbocycles. The largest absolute Gasteiger partial charge is 0.454 e. The maximum atomic E-state index is 14.1. The van der Waals surface area contributed by atoms with Gasteiger partial charge in [-0.15, -0.1) is 0 Å². The third kappa shape index (κ3) is 4.25. The SMILES string of the molecule is CC(=O)c1ccc(NC(=O)COC(=O)[C@@H](C(C)C)N2C(=O)[C@@H]3C4c5ccccc5C(c5ccccc54)[C@@H]3C2=O)cc1. The van der Waals surface area contributed by atoms with Crippen LogP contribution in [0.3, 0.4) is 0 Å².